The number of hydrogen-bond acceptors (Lipinski definition) is 7. The molecule has 2 aromatic heterocycles. The third-order valence-electron chi connectivity index (χ3n) is 2.92. The molecule has 22 heavy (non-hydrogen) atoms. The molecule has 0 spiro atoms. The molecule has 0 atom stereocenters. The Morgan fingerprint density at radius 2 is 2.05 bits per heavy atom. The molecule has 0 amide bonds. The molecular formula is C13H20N5O3P. The first kappa shape index (κ1) is 16.6. The molecule has 120 valence electrons. The lowest BCUT2D eigenvalue weighted by molar-refractivity contribution is 0.218. The molecule has 8 nitrogen and oxygen atoms in total. The van der Waals surface area contributed by atoms with E-state index in [0.717, 1.165) is 0 Å². The van der Waals surface area contributed by atoms with Gasteiger partial charge in [0.15, 0.2) is 0 Å². The van der Waals surface area contributed by atoms with Crippen molar-refractivity contribution in [2.45, 2.75) is 20.4 Å². The van der Waals surface area contributed by atoms with Gasteiger partial charge in [-0.05, 0) is 19.9 Å². The number of pyridine rings is 1. The van der Waals surface area contributed by atoms with Gasteiger partial charge < -0.3 is 14.8 Å². The van der Waals surface area contributed by atoms with Crippen LogP contribution in [0.4, 0.5) is 5.69 Å². The third kappa shape index (κ3) is 4.13. The Labute approximate surface area is 129 Å². The number of aromatic nitrogens is 4. The maximum atomic E-state index is 12.4. The van der Waals surface area contributed by atoms with Crippen molar-refractivity contribution in [3.63, 3.8) is 0 Å². The van der Waals surface area contributed by atoms with E-state index in [-0.39, 0.29) is 6.16 Å². The van der Waals surface area contributed by atoms with Gasteiger partial charge in [-0.3, -0.25) is 14.2 Å². The molecule has 2 aromatic rings. The van der Waals surface area contributed by atoms with Gasteiger partial charge in [0.25, 0.3) is 0 Å². The van der Waals surface area contributed by atoms with Crippen LogP contribution in [0.1, 0.15) is 13.8 Å². The molecule has 0 fully saturated rings. The first-order chi connectivity index (χ1) is 10.6. The van der Waals surface area contributed by atoms with Crippen molar-refractivity contribution in [3.05, 3.63) is 24.7 Å². The fourth-order valence-corrected chi connectivity index (χ4v) is 3.50. The van der Waals surface area contributed by atoms with Gasteiger partial charge in [0, 0.05) is 23.6 Å². The van der Waals surface area contributed by atoms with Gasteiger partial charge in [0.1, 0.15) is 5.69 Å². The molecule has 0 radical (unpaired) electrons. The highest BCUT2D eigenvalue weighted by Crippen LogP contribution is 2.47. The second-order valence-electron chi connectivity index (χ2n) is 4.50. The first-order valence-electron chi connectivity index (χ1n) is 7.06. The van der Waals surface area contributed by atoms with Crippen LogP contribution in [0.25, 0.3) is 11.3 Å². The highest BCUT2D eigenvalue weighted by Gasteiger charge is 2.23. The van der Waals surface area contributed by atoms with Crippen molar-refractivity contribution < 1.29 is 13.6 Å². The molecule has 9 heteroatoms. The summed E-state index contributed by atoms with van der Waals surface area (Å²) in [6.07, 6.45) is 5.22. The van der Waals surface area contributed by atoms with Crippen molar-refractivity contribution in [1.29, 1.82) is 0 Å². The topological polar surface area (TPSA) is 105 Å². The molecule has 0 aliphatic rings. The summed E-state index contributed by atoms with van der Waals surface area (Å²) in [5.74, 6) is 0. The van der Waals surface area contributed by atoms with E-state index in [9.17, 15) is 4.57 Å². The molecule has 2 heterocycles. The van der Waals surface area contributed by atoms with E-state index < -0.39 is 7.60 Å². The van der Waals surface area contributed by atoms with Crippen molar-refractivity contribution in [2.75, 3.05) is 25.1 Å². The van der Waals surface area contributed by atoms with Crippen molar-refractivity contribution in [3.8, 4) is 11.3 Å². The summed E-state index contributed by atoms with van der Waals surface area (Å²) >= 11 is 0. The zero-order valence-corrected chi connectivity index (χ0v) is 13.6. The monoisotopic (exact) mass is 325 g/mol. The Balaban J connectivity index is 2.06. The first-order valence-corrected chi connectivity index (χ1v) is 8.79. The Bertz CT molecular complexity index is 651. The highest BCUT2D eigenvalue weighted by atomic mass is 31.2. The van der Waals surface area contributed by atoms with Gasteiger partial charge in [0.05, 0.1) is 32.1 Å². The Morgan fingerprint density at radius 1 is 1.32 bits per heavy atom. The van der Waals surface area contributed by atoms with Crippen LogP contribution < -0.4 is 5.73 Å². The van der Waals surface area contributed by atoms with Crippen LogP contribution in [0, 0.1) is 0 Å². The minimum absolute atomic E-state index is 0.236. The van der Waals surface area contributed by atoms with E-state index in [1.807, 2.05) is 0 Å². The fraction of sp³-hybridized carbons (Fsp3) is 0.462. The second-order valence-corrected chi connectivity index (χ2v) is 6.69. The van der Waals surface area contributed by atoms with Crippen LogP contribution in [0.5, 0.6) is 0 Å². The largest absolute Gasteiger partial charge is 0.398 e. The van der Waals surface area contributed by atoms with Crippen LogP contribution in [-0.4, -0.2) is 39.4 Å². The number of anilines is 1. The zero-order valence-electron chi connectivity index (χ0n) is 12.7. The van der Waals surface area contributed by atoms with E-state index in [1.54, 1.807) is 43.2 Å². The van der Waals surface area contributed by atoms with Crippen molar-refractivity contribution >= 4 is 13.3 Å². The summed E-state index contributed by atoms with van der Waals surface area (Å²) in [5.41, 5.74) is 7.80. The maximum Gasteiger partial charge on any atom is 0.332 e. The number of rotatable bonds is 8. The predicted molar refractivity (Wildman–Crippen MR) is 83.4 cm³/mol. The average Bonchev–Trinajstić information content (AvgIpc) is 2.95. The molecule has 2 N–H and O–H groups in total. The molecule has 0 aromatic carbocycles. The lowest BCUT2D eigenvalue weighted by atomic mass is 10.2. The van der Waals surface area contributed by atoms with Crippen LogP contribution in [-0.2, 0) is 20.2 Å². The van der Waals surface area contributed by atoms with Gasteiger partial charge in [-0.25, -0.2) is 0 Å². The van der Waals surface area contributed by atoms with E-state index in [4.69, 9.17) is 14.8 Å². The molecular weight excluding hydrogens is 305 g/mol. The highest BCUT2D eigenvalue weighted by molar-refractivity contribution is 7.53. The summed E-state index contributed by atoms with van der Waals surface area (Å²) in [6, 6.07) is 1.70. The minimum atomic E-state index is -3.08. The van der Waals surface area contributed by atoms with E-state index in [1.165, 1.54) is 0 Å². The van der Waals surface area contributed by atoms with E-state index in [0.29, 0.717) is 36.7 Å². The van der Waals surface area contributed by atoms with Gasteiger partial charge >= 0.3 is 7.60 Å². The number of nitrogens with two attached hydrogens (primary N) is 1. The molecule has 0 aliphatic heterocycles. The third-order valence-corrected chi connectivity index (χ3v) is 4.97. The zero-order chi connectivity index (χ0) is 16.0. The summed E-state index contributed by atoms with van der Waals surface area (Å²) < 4.78 is 24.5. The van der Waals surface area contributed by atoms with Crippen LogP contribution in [0.3, 0.4) is 0 Å². The Kier molecular flexibility index (Phi) is 5.65. The Hall–Kier alpha value is -1.76. The number of aryl methyl sites for hydroxylation is 1. The molecule has 2 rings (SSSR count). The standard InChI is InChI=1S/C13H20N5O3P/c1-3-20-22(19,21-4-2)8-7-18-10-13(16-17-18)11-9-15-6-5-12(11)14/h5-6,9-10H,3-4,7-8H2,1-2H3,(H2,14,15). The molecule has 0 saturated heterocycles. The van der Waals surface area contributed by atoms with E-state index >= 15 is 0 Å². The predicted octanol–water partition coefficient (Wildman–Crippen LogP) is 2.19. The van der Waals surface area contributed by atoms with E-state index in [2.05, 4.69) is 15.3 Å². The lowest BCUT2D eigenvalue weighted by Crippen LogP contribution is -2.08. The Morgan fingerprint density at radius 3 is 2.68 bits per heavy atom. The van der Waals surface area contributed by atoms with Gasteiger partial charge in [0.2, 0.25) is 0 Å². The van der Waals surface area contributed by atoms with Crippen molar-refractivity contribution in [1.82, 2.24) is 20.0 Å². The number of nitrogen functional groups attached to an aromatic ring is 1. The quantitative estimate of drug-likeness (QED) is 0.742. The van der Waals surface area contributed by atoms with Crippen LogP contribution in [0.15, 0.2) is 24.7 Å². The second kappa shape index (κ2) is 7.49. The fourth-order valence-electron chi connectivity index (χ4n) is 1.94. The van der Waals surface area contributed by atoms with Crippen molar-refractivity contribution in [2.24, 2.45) is 0 Å². The summed E-state index contributed by atoms with van der Waals surface area (Å²) in [7, 11) is -3.08. The summed E-state index contributed by atoms with van der Waals surface area (Å²) in [6.45, 7) is 4.62. The molecule has 0 unspecified atom stereocenters. The molecule has 0 aliphatic carbocycles. The van der Waals surface area contributed by atoms with Gasteiger partial charge in [-0.1, -0.05) is 5.21 Å². The average molecular weight is 325 g/mol. The normalized spacial score (nSPS) is 11.7. The minimum Gasteiger partial charge on any atom is -0.398 e. The molecule has 0 saturated carbocycles. The summed E-state index contributed by atoms with van der Waals surface area (Å²) in [5, 5.41) is 8.07. The number of nitrogens with zero attached hydrogens (tertiary/aromatic N) is 4. The smallest absolute Gasteiger partial charge is 0.332 e. The van der Waals surface area contributed by atoms with Gasteiger partial charge in [-0.2, -0.15) is 0 Å². The molecule has 0 bridgehead atoms. The van der Waals surface area contributed by atoms with Gasteiger partial charge in [-0.15, -0.1) is 5.10 Å². The summed E-state index contributed by atoms with van der Waals surface area (Å²) in [4.78, 5) is 4.02. The number of hydrogen-bond donors (Lipinski definition) is 1. The lowest BCUT2D eigenvalue weighted by Gasteiger charge is -2.16. The van der Waals surface area contributed by atoms with Crippen LogP contribution in [0.2, 0.25) is 0 Å². The maximum absolute atomic E-state index is 12.4. The SMILES string of the molecule is CCOP(=O)(CCn1cc(-c2cnccc2N)nn1)OCC. The van der Waals surface area contributed by atoms with Crippen LogP contribution >= 0.6 is 7.60 Å².